The third-order valence-corrected chi connectivity index (χ3v) is 3.50. The monoisotopic (exact) mass is 284 g/mol. The molecule has 21 heavy (non-hydrogen) atoms. The number of rotatable bonds is 3. The van der Waals surface area contributed by atoms with Gasteiger partial charge in [0, 0.05) is 17.3 Å². The number of methoxy groups -OCH3 is 2. The number of hydrogen-bond acceptors (Lipinski definition) is 4. The fraction of sp³-hybridized carbons (Fsp3) is 0.188. The smallest absolute Gasteiger partial charge is 0.255 e. The molecule has 0 radical (unpaired) electrons. The van der Waals surface area contributed by atoms with Crippen molar-refractivity contribution in [3.05, 3.63) is 53.6 Å². The Balaban J connectivity index is 1.98. The maximum absolute atomic E-state index is 12.2. The fourth-order valence-corrected chi connectivity index (χ4v) is 2.42. The molecule has 2 N–H and O–H groups in total. The molecule has 1 unspecified atom stereocenters. The van der Waals surface area contributed by atoms with Gasteiger partial charge in [-0.25, -0.2) is 0 Å². The SMILES string of the molecule is COc1ccc(C2NC(=O)c3ccccc3N2)c(OC)c1. The molecule has 3 rings (SSSR count). The Hall–Kier alpha value is -2.69. The van der Waals surface area contributed by atoms with Gasteiger partial charge in [-0.3, -0.25) is 4.79 Å². The molecule has 1 atom stereocenters. The van der Waals surface area contributed by atoms with Crippen molar-refractivity contribution in [2.45, 2.75) is 6.17 Å². The molecule has 5 heteroatoms. The van der Waals surface area contributed by atoms with E-state index in [1.807, 2.05) is 30.3 Å². The highest BCUT2D eigenvalue weighted by molar-refractivity contribution is 6.01. The summed E-state index contributed by atoms with van der Waals surface area (Å²) in [5.74, 6) is 1.26. The topological polar surface area (TPSA) is 59.6 Å². The fourth-order valence-electron chi connectivity index (χ4n) is 2.42. The van der Waals surface area contributed by atoms with Gasteiger partial charge in [-0.2, -0.15) is 0 Å². The molecule has 0 aliphatic carbocycles. The Morgan fingerprint density at radius 1 is 1.00 bits per heavy atom. The van der Waals surface area contributed by atoms with Gasteiger partial charge in [0.25, 0.3) is 5.91 Å². The van der Waals surface area contributed by atoms with Gasteiger partial charge in [-0.1, -0.05) is 12.1 Å². The minimum Gasteiger partial charge on any atom is -0.497 e. The molecular formula is C16H16N2O3. The second-order valence-electron chi connectivity index (χ2n) is 4.70. The zero-order valence-corrected chi connectivity index (χ0v) is 11.8. The van der Waals surface area contributed by atoms with Crippen LogP contribution in [0, 0.1) is 0 Å². The van der Waals surface area contributed by atoms with Crippen molar-refractivity contribution in [2.24, 2.45) is 0 Å². The van der Waals surface area contributed by atoms with Crippen LogP contribution >= 0.6 is 0 Å². The molecule has 0 aromatic heterocycles. The molecule has 0 fully saturated rings. The van der Waals surface area contributed by atoms with E-state index in [0.717, 1.165) is 11.3 Å². The zero-order chi connectivity index (χ0) is 14.8. The van der Waals surface area contributed by atoms with Gasteiger partial charge < -0.3 is 20.1 Å². The molecule has 1 amide bonds. The van der Waals surface area contributed by atoms with Crippen LogP contribution < -0.4 is 20.1 Å². The first-order valence-corrected chi connectivity index (χ1v) is 6.61. The van der Waals surface area contributed by atoms with Crippen molar-refractivity contribution in [2.75, 3.05) is 19.5 Å². The predicted octanol–water partition coefficient (Wildman–Crippen LogP) is 2.56. The first-order chi connectivity index (χ1) is 10.2. The number of anilines is 1. The van der Waals surface area contributed by atoms with Crippen LogP contribution in [0.5, 0.6) is 11.5 Å². The van der Waals surface area contributed by atoms with Crippen molar-refractivity contribution >= 4 is 11.6 Å². The number of para-hydroxylation sites is 1. The third kappa shape index (κ3) is 2.38. The molecule has 1 aliphatic rings. The van der Waals surface area contributed by atoms with Crippen molar-refractivity contribution in [1.29, 1.82) is 0 Å². The number of ether oxygens (including phenoxy) is 2. The first kappa shape index (κ1) is 13.3. The summed E-state index contributed by atoms with van der Waals surface area (Å²) in [7, 11) is 3.20. The Morgan fingerprint density at radius 2 is 1.81 bits per heavy atom. The van der Waals surface area contributed by atoms with E-state index in [2.05, 4.69) is 10.6 Å². The van der Waals surface area contributed by atoms with Gasteiger partial charge >= 0.3 is 0 Å². The summed E-state index contributed by atoms with van der Waals surface area (Å²) in [5, 5.41) is 6.23. The highest BCUT2D eigenvalue weighted by Gasteiger charge is 2.26. The van der Waals surface area contributed by atoms with Crippen molar-refractivity contribution in [3.8, 4) is 11.5 Å². The van der Waals surface area contributed by atoms with E-state index < -0.39 is 0 Å². The second kappa shape index (κ2) is 5.36. The molecule has 5 nitrogen and oxygen atoms in total. The lowest BCUT2D eigenvalue weighted by molar-refractivity contribution is 0.0935. The molecule has 1 heterocycles. The van der Waals surface area contributed by atoms with Crippen molar-refractivity contribution in [1.82, 2.24) is 5.32 Å². The van der Waals surface area contributed by atoms with Gasteiger partial charge in [-0.15, -0.1) is 0 Å². The average molecular weight is 284 g/mol. The van der Waals surface area contributed by atoms with Gasteiger partial charge in [0.15, 0.2) is 0 Å². The number of amides is 1. The molecule has 108 valence electrons. The van der Waals surface area contributed by atoms with E-state index in [-0.39, 0.29) is 12.1 Å². The Kier molecular flexibility index (Phi) is 3.39. The lowest BCUT2D eigenvalue weighted by Crippen LogP contribution is -2.38. The van der Waals surface area contributed by atoms with Crippen LogP contribution in [0.1, 0.15) is 22.1 Å². The summed E-state index contributed by atoms with van der Waals surface area (Å²) in [6, 6.07) is 12.9. The van der Waals surface area contributed by atoms with Crippen molar-refractivity contribution < 1.29 is 14.3 Å². The van der Waals surface area contributed by atoms with E-state index in [4.69, 9.17) is 9.47 Å². The molecule has 0 spiro atoms. The lowest BCUT2D eigenvalue weighted by atomic mass is 10.0. The van der Waals surface area contributed by atoms with E-state index >= 15 is 0 Å². The molecule has 0 saturated heterocycles. The largest absolute Gasteiger partial charge is 0.497 e. The molecule has 0 saturated carbocycles. The van der Waals surface area contributed by atoms with Crippen LogP contribution in [0.4, 0.5) is 5.69 Å². The summed E-state index contributed by atoms with van der Waals surface area (Å²) in [5.41, 5.74) is 2.30. The lowest BCUT2D eigenvalue weighted by Gasteiger charge is -2.29. The van der Waals surface area contributed by atoms with E-state index in [9.17, 15) is 4.79 Å². The van der Waals surface area contributed by atoms with Crippen LogP contribution in [0.3, 0.4) is 0 Å². The number of fused-ring (bicyclic) bond motifs is 1. The highest BCUT2D eigenvalue weighted by Crippen LogP contribution is 2.33. The summed E-state index contributed by atoms with van der Waals surface area (Å²) >= 11 is 0. The number of carbonyl (C=O) groups excluding carboxylic acids is 1. The van der Waals surface area contributed by atoms with Crippen LogP contribution in [0.25, 0.3) is 0 Å². The number of hydrogen-bond donors (Lipinski definition) is 2. The number of carbonyl (C=O) groups is 1. The Morgan fingerprint density at radius 3 is 2.57 bits per heavy atom. The minimum atomic E-state index is -0.340. The van der Waals surface area contributed by atoms with E-state index in [1.165, 1.54) is 0 Å². The van der Waals surface area contributed by atoms with Crippen LogP contribution in [0.2, 0.25) is 0 Å². The summed E-state index contributed by atoms with van der Waals surface area (Å²) < 4.78 is 10.6. The summed E-state index contributed by atoms with van der Waals surface area (Å²) in [6.45, 7) is 0. The number of benzene rings is 2. The van der Waals surface area contributed by atoms with Gasteiger partial charge in [0.05, 0.1) is 19.8 Å². The standard InChI is InChI=1S/C16H16N2O3/c1-20-10-7-8-12(14(9-10)21-2)15-17-13-6-4-3-5-11(13)16(19)18-15/h3-9,15,17H,1-2H3,(H,18,19). The van der Waals surface area contributed by atoms with Crippen LogP contribution in [-0.4, -0.2) is 20.1 Å². The molecular weight excluding hydrogens is 268 g/mol. The molecule has 2 aromatic carbocycles. The Bertz CT molecular complexity index is 685. The quantitative estimate of drug-likeness (QED) is 0.909. The number of nitrogens with one attached hydrogen (secondary N) is 2. The predicted molar refractivity (Wildman–Crippen MR) is 79.8 cm³/mol. The molecule has 2 aromatic rings. The first-order valence-electron chi connectivity index (χ1n) is 6.61. The average Bonchev–Trinajstić information content (AvgIpc) is 2.54. The normalized spacial score (nSPS) is 16.5. The van der Waals surface area contributed by atoms with Crippen molar-refractivity contribution in [3.63, 3.8) is 0 Å². The van der Waals surface area contributed by atoms with E-state index in [1.54, 1.807) is 26.4 Å². The van der Waals surface area contributed by atoms with Gasteiger partial charge in [0.2, 0.25) is 0 Å². The summed E-state index contributed by atoms with van der Waals surface area (Å²) in [4.78, 5) is 12.2. The van der Waals surface area contributed by atoms with Crippen LogP contribution in [0.15, 0.2) is 42.5 Å². The highest BCUT2D eigenvalue weighted by atomic mass is 16.5. The van der Waals surface area contributed by atoms with Crippen LogP contribution in [-0.2, 0) is 0 Å². The van der Waals surface area contributed by atoms with Gasteiger partial charge in [-0.05, 0) is 24.3 Å². The summed E-state index contributed by atoms with van der Waals surface area (Å²) in [6.07, 6.45) is -0.340. The zero-order valence-electron chi connectivity index (χ0n) is 11.8. The molecule has 1 aliphatic heterocycles. The molecule has 0 bridgehead atoms. The van der Waals surface area contributed by atoms with E-state index in [0.29, 0.717) is 17.1 Å². The minimum absolute atomic E-state index is 0.104. The van der Waals surface area contributed by atoms with Gasteiger partial charge in [0.1, 0.15) is 17.7 Å². The Labute approximate surface area is 122 Å². The maximum atomic E-state index is 12.2. The maximum Gasteiger partial charge on any atom is 0.255 e. The second-order valence-corrected chi connectivity index (χ2v) is 4.70. The third-order valence-electron chi connectivity index (χ3n) is 3.50.